The molecule has 0 fully saturated rings. The molecule has 0 aliphatic rings. The molecule has 154 valence electrons. The third kappa shape index (κ3) is 6.64. The lowest BCUT2D eigenvalue weighted by Gasteiger charge is -2.16. The first-order valence-electron chi connectivity index (χ1n) is 9.56. The molecule has 2 aromatic rings. The van der Waals surface area contributed by atoms with Crippen LogP contribution in [0, 0.1) is 0 Å². The van der Waals surface area contributed by atoms with Crippen LogP contribution >= 0.6 is 0 Å². The topological polar surface area (TPSA) is 96.5 Å². The Morgan fingerprint density at radius 1 is 0.897 bits per heavy atom. The van der Waals surface area contributed by atoms with E-state index in [-0.39, 0.29) is 5.91 Å². The summed E-state index contributed by atoms with van der Waals surface area (Å²) in [7, 11) is 0. The average molecular weight is 397 g/mol. The Bertz CT molecular complexity index is 845. The van der Waals surface area contributed by atoms with E-state index in [0.717, 1.165) is 0 Å². The zero-order valence-corrected chi connectivity index (χ0v) is 17.1. The lowest BCUT2D eigenvalue weighted by molar-refractivity contribution is -0.128. The van der Waals surface area contributed by atoms with Gasteiger partial charge in [-0.2, -0.15) is 0 Å². The van der Waals surface area contributed by atoms with Crippen LogP contribution in [0.25, 0.3) is 0 Å². The van der Waals surface area contributed by atoms with Gasteiger partial charge >= 0.3 is 0 Å². The first-order chi connectivity index (χ1) is 13.8. The van der Waals surface area contributed by atoms with E-state index in [0.29, 0.717) is 29.3 Å². The maximum Gasteiger partial charge on any atom is 0.279 e. The Labute approximate surface area is 170 Å². The number of anilines is 1. The lowest BCUT2D eigenvalue weighted by atomic mass is 10.0. The number of nitrogens with one attached hydrogen (secondary N) is 3. The third-order valence-electron chi connectivity index (χ3n) is 4.28. The van der Waals surface area contributed by atoms with Crippen LogP contribution in [0.3, 0.4) is 0 Å². The van der Waals surface area contributed by atoms with Crippen LogP contribution in [-0.2, 0) is 9.59 Å². The highest BCUT2D eigenvalue weighted by atomic mass is 16.5. The van der Waals surface area contributed by atoms with Gasteiger partial charge in [-0.1, -0.05) is 32.9 Å². The molecule has 1 atom stereocenters. The van der Waals surface area contributed by atoms with E-state index in [4.69, 9.17) is 4.74 Å². The number of amides is 3. The van der Waals surface area contributed by atoms with E-state index >= 15 is 0 Å². The predicted octanol–water partition coefficient (Wildman–Crippen LogP) is 3.39. The second-order valence-corrected chi connectivity index (χ2v) is 6.91. The maximum atomic E-state index is 12.2. The zero-order valence-electron chi connectivity index (χ0n) is 17.1. The van der Waals surface area contributed by atoms with Crippen molar-refractivity contribution in [3.63, 3.8) is 0 Å². The van der Waals surface area contributed by atoms with Crippen molar-refractivity contribution in [2.75, 3.05) is 5.32 Å². The first-order valence-corrected chi connectivity index (χ1v) is 9.56. The van der Waals surface area contributed by atoms with E-state index in [1.54, 1.807) is 38.1 Å². The fourth-order valence-electron chi connectivity index (χ4n) is 2.44. The van der Waals surface area contributed by atoms with Gasteiger partial charge < -0.3 is 10.1 Å². The normalized spacial score (nSPS) is 11.5. The fraction of sp³-hybridized carbons (Fsp3) is 0.318. The largest absolute Gasteiger partial charge is 0.481 e. The van der Waals surface area contributed by atoms with Crippen LogP contribution in [0.2, 0.25) is 0 Å². The van der Waals surface area contributed by atoms with Crippen LogP contribution in [0.1, 0.15) is 56.0 Å². The van der Waals surface area contributed by atoms with Crippen molar-refractivity contribution in [3.8, 4) is 5.75 Å². The number of carbonyl (C=O) groups is 3. The molecular weight excluding hydrogens is 370 g/mol. The molecule has 0 radical (unpaired) electrons. The monoisotopic (exact) mass is 397 g/mol. The molecule has 7 heteroatoms. The van der Waals surface area contributed by atoms with Crippen molar-refractivity contribution in [2.45, 2.75) is 46.1 Å². The molecule has 3 N–H and O–H groups in total. The molecule has 0 saturated carbocycles. The summed E-state index contributed by atoms with van der Waals surface area (Å²) in [5.74, 6) is -0.0642. The van der Waals surface area contributed by atoms with Gasteiger partial charge in [-0.15, -0.1) is 0 Å². The van der Waals surface area contributed by atoms with Gasteiger partial charge in [-0.05, 0) is 54.8 Å². The highest BCUT2D eigenvalue weighted by Crippen LogP contribution is 2.19. The number of hydrogen-bond donors (Lipinski definition) is 3. The summed E-state index contributed by atoms with van der Waals surface area (Å²) >= 11 is 0. The minimum absolute atomic E-state index is 0.109. The fourth-order valence-corrected chi connectivity index (χ4v) is 2.44. The molecule has 0 unspecified atom stereocenters. The number of hydrogen-bond acceptors (Lipinski definition) is 4. The minimum atomic E-state index is -0.785. The van der Waals surface area contributed by atoms with Crippen LogP contribution < -0.4 is 20.9 Å². The zero-order chi connectivity index (χ0) is 21.4. The molecule has 0 heterocycles. The van der Waals surface area contributed by atoms with E-state index in [1.807, 2.05) is 24.3 Å². The smallest absolute Gasteiger partial charge is 0.279 e. The molecule has 29 heavy (non-hydrogen) atoms. The Balaban J connectivity index is 1.84. The van der Waals surface area contributed by atoms with E-state index in [9.17, 15) is 14.4 Å². The number of hydrazine groups is 1. The second-order valence-electron chi connectivity index (χ2n) is 6.91. The van der Waals surface area contributed by atoms with E-state index < -0.39 is 17.9 Å². The second kappa shape index (κ2) is 10.3. The molecule has 2 aromatic carbocycles. The summed E-state index contributed by atoms with van der Waals surface area (Å²) in [6.07, 6.45) is -0.414. The minimum Gasteiger partial charge on any atom is -0.481 e. The molecule has 2 rings (SSSR count). The first kappa shape index (κ1) is 21.9. The van der Waals surface area contributed by atoms with E-state index in [2.05, 4.69) is 30.0 Å². The van der Waals surface area contributed by atoms with Crippen molar-refractivity contribution < 1.29 is 19.1 Å². The van der Waals surface area contributed by atoms with Crippen molar-refractivity contribution in [3.05, 3.63) is 59.7 Å². The van der Waals surface area contributed by atoms with E-state index in [1.165, 1.54) is 5.56 Å². The number of ether oxygens (including phenoxy) is 1. The number of benzene rings is 2. The Kier molecular flexibility index (Phi) is 7.77. The lowest BCUT2D eigenvalue weighted by Crippen LogP contribution is -2.47. The Morgan fingerprint density at radius 3 is 2.07 bits per heavy atom. The summed E-state index contributed by atoms with van der Waals surface area (Å²) in [5, 5.41) is 2.70. The third-order valence-corrected chi connectivity index (χ3v) is 4.28. The molecular formula is C22H27N3O4. The van der Waals surface area contributed by atoms with Crippen LogP contribution in [0.5, 0.6) is 5.75 Å². The average Bonchev–Trinajstić information content (AvgIpc) is 2.72. The molecule has 7 nitrogen and oxygen atoms in total. The SMILES string of the molecule is CCC(=O)Nc1ccc(C(=O)NNC(=O)[C@H](C)Oc2ccc(C(C)C)cc2)cc1. The van der Waals surface area contributed by atoms with Gasteiger partial charge in [0.25, 0.3) is 11.8 Å². The van der Waals surface area contributed by atoms with Gasteiger partial charge in [0.2, 0.25) is 5.91 Å². The molecule has 3 amide bonds. The van der Waals surface area contributed by atoms with Crippen LogP contribution in [0.4, 0.5) is 5.69 Å². The number of carbonyl (C=O) groups excluding carboxylic acids is 3. The van der Waals surface area contributed by atoms with Crippen LogP contribution in [-0.4, -0.2) is 23.8 Å². The highest BCUT2D eigenvalue weighted by molar-refractivity contribution is 5.97. The molecule has 0 saturated heterocycles. The van der Waals surface area contributed by atoms with Crippen molar-refractivity contribution in [1.29, 1.82) is 0 Å². The predicted molar refractivity (Wildman–Crippen MR) is 112 cm³/mol. The standard InChI is InChI=1S/C22H27N3O4/c1-5-20(26)23-18-10-6-17(7-11-18)22(28)25-24-21(27)15(4)29-19-12-8-16(9-13-19)14(2)3/h6-15H,5H2,1-4H3,(H,23,26)(H,24,27)(H,25,28)/t15-/m0/s1. The summed E-state index contributed by atoms with van der Waals surface area (Å²) < 4.78 is 5.61. The van der Waals surface area contributed by atoms with Gasteiger partial charge in [-0.25, -0.2) is 0 Å². The molecule has 0 aliphatic heterocycles. The van der Waals surface area contributed by atoms with Gasteiger partial charge in [0, 0.05) is 17.7 Å². The molecule has 0 spiro atoms. The maximum absolute atomic E-state index is 12.2. The summed E-state index contributed by atoms with van der Waals surface area (Å²) in [6.45, 7) is 7.56. The van der Waals surface area contributed by atoms with Gasteiger partial charge in [0.15, 0.2) is 6.10 Å². The van der Waals surface area contributed by atoms with Crippen molar-refractivity contribution in [2.24, 2.45) is 0 Å². The van der Waals surface area contributed by atoms with Crippen molar-refractivity contribution >= 4 is 23.4 Å². The van der Waals surface area contributed by atoms with Gasteiger partial charge in [0.05, 0.1) is 0 Å². The Hall–Kier alpha value is -3.35. The number of rotatable bonds is 7. The molecule has 0 aliphatic carbocycles. The summed E-state index contributed by atoms with van der Waals surface area (Å²) in [6, 6.07) is 13.9. The van der Waals surface area contributed by atoms with Gasteiger partial charge in [-0.3, -0.25) is 25.2 Å². The quantitative estimate of drug-likeness (QED) is 0.624. The summed E-state index contributed by atoms with van der Waals surface area (Å²) in [4.78, 5) is 35.7. The molecule has 0 aromatic heterocycles. The molecule has 0 bridgehead atoms. The summed E-state index contributed by atoms with van der Waals surface area (Å²) in [5.41, 5.74) is 6.84. The highest BCUT2D eigenvalue weighted by Gasteiger charge is 2.16. The van der Waals surface area contributed by atoms with Crippen LogP contribution in [0.15, 0.2) is 48.5 Å². The van der Waals surface area contributed by atoms with Crippen molar-refractivity contribution in [1.82, 2.24) is 10.9 Å². The van der Waals surface area contributed by atoms with Gasteiger partial charge in [0.1, 0.15) is 5.75 Å². The Morgan fingerprint density at radius 2 is 1.52 bits per heavy atom.